The van der Waals surface area contributed by atoms with E-state index >= 15 is 0 Å². The number of aryl methyl sites for hydroxylation is 1. The minimum Gasteiger partial charge on any atom is -0.312 e. The number of ketones is 1. The standard InChI is InChI=1S/C15H19NO2/c1-3-12-6-4-7-13(10-12)16-9-5-8-14(11(2)17)15(16)18/h4,6-7,10,14H,3,5,8-9H2,1-2H3. The highest BCUT2D eigenvalue weighted by molar-refractivity contribution is 6.08. The Labute approximate surface area is 108 Å². The van der Waals surface area contributed by atoms with Gasteiger partial charge in [-0.3, -0.25) is 9.59 Å². The lowest BCUT2D eigenvalue weighted by Crippen LogP contribution is -2.43. The maximum atomic E-state index is 12.3. The number of nitrogens with zero attached hydrogens (tertiary/aromatic N) is 1. The summed E-state index contributed by atoms with van der Waals surface area (Å²) in [6, 6.07) is 8.01. The van der Waals surface area contributed by atoms with Gasteiger partial charge in [-0.05, 0) is 43.9 Å². The SMILES string of the molecule is CCc1cccc(N2CCCC(C(C)=O)C2=O)c1. The monoisotopic (exact) mass is 245 g/mol. The first kappa shape index (κ1) is 12.8. The van der Waals surface area contributed by atoms with Crippen molar-refractivity contribution in [1.29, 1.82) is 0 Å². The van der Waals surface area contributed by atoms with E-state index in [0.29, 0.717) is 6.42 Å². The number of Topliss-reactive ketones (excluding diaryl/α,β-unsaturated/α-hetero) is 1. The highest BCUT2D eigenvalue weighted by Crippen LogP contribution is 2.25. The fourth-order valence-electron chi connectivity index (χ4n) is 2.45. The van der Waals surface area contributed by atoms with E-state index in [4.69, 9.17) is 0 Å². The van der Waals surface area contributed by atoms with E-state index in [9.17, 15) is 9.59 Å². The molecule has 1 unspecified atom stereocenters. The predicted molar refractivity (Wildman–Crippen MR) is 71.6 cm³/mol. The van der Waals surface area contributed by atoms with Gasteiger partial charge in [0.1, 0.15) is 5.78 Å². The molecule has 1 aliphatic heterocycles. The quantitative estimate of drug-likeness (QED) is 0.767. The minimum atomic E-state index is -0.441. The van der Waals surface area contributed by atoms with Crippen molar-refractivity contribution in [2.24, 2.45) is 5.92 Å². The molecule has 3 nitrogen and oxygen atoms in total. The molecule has 0 spiro atoms. The summed E-state index contributed by atoms with van der Waals surface area (Å²) in [7, 11) is 0. The van der Waals surface area contributed by atoms with E-state index in [1.807, 2.05) is 18.2 Å². The molecule has 1 saturated heterocycles. The number of hydrogen-bond acceptors (Lipinski definition) is 2. The number of hydrogen-bond donors (Lipinski definition) is 0. The van der Waals surface area contributed by atoms with Crippen LogP contribution in [0.4, 0.5) is 5.69 Å². The largest absolute Gasteiger partial charge is 0.312 e. The Hall–Kier alpha value is -1.64. The number of benzene rings is 1. The smallest absolute Gasteiger partial charge is 0.237 e. The van der Waals surface area contributed by atoms with Crippen molar-refractivity contribution >= 4 is 17.4 Å². The molecule has 0 aromatic heterocycles. The molecule has 96 valence electrons. The van der Waals surface area contributed by atoms with Gasteiger partial charge in [-0.1, -0.05) is 19.1 Å². The number of amides is 1. The Bertz CT molecular complexity index is 467. The fourth-order valence-corrected chi connectivity index (χ4v) is 2.45. The van der Waals surface area contributed by atoms with Crippen molar-refractivity contribution < 1.29 is 9.59 Å². The molecule has 1 atom stereocenters. The Morgan fingerprint density at radius 2 is 2.22 bits per heavy atom. The van der Waals surface area contributed by atoms with Crippen LogP contribution in [0.1, 0.15) is 32.3 Å². The van der Waals surface area contributed by atoms with Gasteiger partial charge in [-0.15, -0.1) is 0 Å². The summed E-state index contributed by atoms with van der Waals surface area (Å²) in [5.74, 6) is -0.498. The molecule has 3 heteroatoms. The summed E-state index contributed by atoms with van der Waals surface area (Å²) < 4.78 is 0. The maximum absolute atomic E-state index is 12.3. The minimum absolute atomic E-state index is 0.0173. The van der Waals surface area contributed by atoms with Crippen LogP contribution in [-0.2, 0) is 16.0 Å². The zero-order valence-electron chi connectivity index (χ0n) is 11.0. The number of piperidine rings is 1. The fraction of sp³-hybridized carbons (Fsp3) is 0.467. The third-order valence-corrected chi connectivity index (χ3v) is 3.56. The van der Waals surface area contributed by atoms with Crippen LogP contribution >= 0.6 is 0 Å². The number of rotatable bonds is 3. The highest BCUT2D eigenvalue weighted by Gasteiger charge is 2.32. The van der Waals surface area contributed by atoms with Gasteiger partial charge in [-0.25, -0.2) is 0 Å². The van der Waals surface area contributed by atoms with Crippen molar-refractivity contribution in [2.75, 3.05) is 11.4 Å². The second-order valence-corrected chi connectivity index (χ2v) is 4.82. The van der Waals surface area contributed by atoms with E-state index in [1.165, 1.54) is 12.5 Å². The van der Waals surface area contributed by atoms with E-state index in [1.54, 1.807) is 4.90 Å². The van der Waals surface area contributed by atoms with E-state index in [0.717, 1.165) is 25.1 Å². The highest BCUT2D eigenvalue weighted by atomic mass is 16.2. The number of carbonyl (C=O) groups excluding carboxylic acids is 2. The Morgan fingerprint density at radius 3 is 2.89 bits per heavy atom. The molecule has 1 aromatic carbocycles. The Kier molecular flexibility index (Phi) is 3.80. The summed E-state index contributed by atoms with van der Waals surface area (Å²) in [5, 5.41) is 0. The lowest BCUT2D eigenvalue weighted by molar-refractivity contribution is -0.132. The van der Waals surface area contributed by atoms with Crippen LogP contribution < -0.4 is 4.90 Å². The van der Waals surface area contributed by atoms with Crippen molar-refractivity contribution in [2.45, 2.75) is 33.1 Å². The van der Waals surface area contributed by atoms with E-state index in [-0.39, 0.29) is 11.7 Å². The summed E-state index contributed by atoms with van der Waals surface area (Å²) >= 11 is 0. The zero-order valence-corrected chi connectivity index (χ0v) is 11.0. The lowest BCUT2D eigenvalue weighted by Gasteiger charge is -2.31. The average Bonchev–Trinajstić information content (AvgIpc) is 2.38. The second-order valence-electron chi connectivity index (χ2n) is 4.82. The average molecular weight is 245 g/mol. The summed E-state index contributed by atoms with van der Waals surface area (Å²) in [6.45, 7) is 4.32. The zero-order chi connectivity index (χ0) is 13.1. The molecule has 18 heavy (non-hydrogen) atoms. The first-order valence-corrected chi connectivity index (χ1v) is 6.54. The first-order chi connectivity index (χ1) is 8.63. The third-order valence-electron chi connectivity index (χ3n) is 3.56. The molecule has 1 amide bonds. The van der Waals surface area contributed by atoms with Crippen LogP contribution in [0.3, 0.4) is 0 Å². The molecule has 0 radical (unpaired) electrons. The second kappa shape index (κ2) is 5.34. The third kappa shape index (κ3) is 2.45. The van der Waals surface area contributed by atoms with Crippen LogP contribution in [-0.4, -0.2) is 18.2 Å². The molecule has 1 aliphatic rings. The van der Waals surface area contributed by atoms with Crippen LogP contribution in [0.5, 0.6) is 0 Å². The summed E-state index contributed by atoms with van der Waals surface area (Å²) in [6.07, 6.45) is 2.54. The Balaban J connectivity index is 2.26. The van der Waals surface area contributed by atoms with Crippen LogP contribution in [0.25, 0.3) is 0 Å². The van der Waals surface area contributed by atoms with Gasteiger partial charge in [0.25, 0.3) is 0 Å². The molecule has 0 bridgehead atoms. The summed E-state index contributed by atoms with van der Waals surface area (Å²) in [5.41, 5.74) is 2.13. The molecule has 1 aromatic rings. The predicted octanol–water partition coefficient (Wildman–Crippen LogP) is 2.58. The van der Waals surface area contributed by atoms with Gasteiger partial charge in [0.05, 0.1) is 5.92 Å². The summed E-state index contributed by atoms with van der Waals surface area (Å²) in [4.78, 5) is 25.5. The van der Waals surface area contributed by atoms with E-state index in [2.05, 4.69) is 13.0 Å². The van der Waals surface area contributed by atoms with Crippen molar-refractivity contribution in [3.05, 3.63) is 29.8 Å². The van der Waals surface area contributed by atoms with Gasteiger partial charge < -0.3 is 4.90 Å². The van der Waals surface area contributed by atoms with Gasteiger partial charge in [0, 0.05) is 12.2 Å². The number of carbonyl (C=O) groups is 2. The topological polar surface area (TPSA) is 37.4 Å². The maximum Gasteiger partial charge on any atom is 0.237 e. The van der Waals surface area contributed by atoms with Gasteiger partial charge >= 0.3 is 0 Å². The molecule has 1 heterocycles. The number of anilines is 1. The molecular weight excluding hydrogens is 226 g/mol. The molecule has 1 fully saturated rings. The normalized spacial score (nSPS) is 20.0. The van der Waals surface area contributed by atoms with Gasteiger partial charge in [0.15, 0.2) is 0 Å². The van der Waals surface area contributed by atoms with Gasteiger partial charge in [-0.2, -0.15) is 0 Å². The molecule has 0 aliphatic carbocycles. The van der Waals surface area contributed by atoms with Gasteiger partial charge in [0.2, 0.25) is 5.91 Å². The van der Waals surface area contributed by atoms with Crippen LogP contribution in [0.2, 0.25) is 0 Å². The van der Waals surface area contributed by atoms with E-state index < -0.39 is 5.92 Å². The van der Waals surface area contributed by atoms with Crippen molar-refractivity contribution in [1.82, 2.24) is 0 Å². The van der Waals surface area contributed by atoms with Crippen LogP contribution in [0.15, 0.2) is 24.3 Å². The Morgan fingerprint density at radius 1 is 1.44 bits per heavy atom. The van der Waals surface area contributed by atoms with Crippen molar-refractivity contribution in [3.8, 4) is 0 Å². The molecule has 0 N–H and O–H groups in total. The van der Waals surface area contributed by atoms with Crippen molar-refractivity contribution in [3.63, 3.8) is 0 Å². The lowest BCUT2D eigenvalue weighted by atomic mass is 9.93. The molecule has 0 saturated carbocycles. The van der Waals surface area contributed by atoms with Crippen LogP contribution in [0, 0.1) is 5.92 Å². The molecule has 2 rings (SSSR count). The first-order valence-electron chi connectivity index (χ1n) is 6.54. The molecular formula is C15H19NO2.